The second-order valence-corrected chi connectivity index (χ2v) is 5.41. The molecule has 0 aromatic heterocycles. The SMILES string of the molecule is CC(NC(=O)NCCS(N)(=O)=O)(C(=O)O)C(F)(F)F. The van der Waals surface area contributed by atoms with E-state index in [1.54, 1.807) is 5.32 Å². The molecule has 0 aliphatic carbocycles. The standard InChI is InChI=1S/C7H12F3N3O5S/c1-6(4(14)15,7(8,9)10)13-5(16)12-2-3-19(11,17)18/h2-3H2,1H3,(H,14,15)(H2,11,17,18)(H2,12,13,16). The molecule has 8 nitrogen and oxygen atoms in total. The van der Waals surface area contributed by atoms with Gasteiger partial charge in [0.15, 0.2) is 0 Å². The van der Waals surface area contributed by atoms with Crippen LogP contribution in [0.2, 0.25) is 0 Å². The third-order valence-electron chi connectivity index (χ3n) is 2.03. The van der Waals surface area contributed by atoms with E-state index < -0.39 is 46.0 Å². The fourth-order valence-corrected chi connectivity index (χ4v) is 1.21. The van der Waals surface area contributed by atoms with Crippen LogP contribution < -0.4 is 15.8 Å². The zero-order chi connectivity index (χ0) is 15.5. The molecule has 5 N–H and O–H groups in total. The first-order valence-electron chi connectivity index (χ1n) is 4.66. The smallest absolute Gasteiger partial charge is 0.422 e. The van der Waals surface area contributed by atoms with Gasteiger partial charge in [0.25, 0.3) is 0 Å². The van der Waals surface area contributed by atoms with E-state index in [1.807, 2.05) is 0 Å². The zero-order valence-corrected chi connectivity index (χ0v) is 10.4. The third-order valence-corrected chi connectivity index (χ3v) is 2.80. The van der Waals surface area contributed by atoms with Gasteiger partial charge >= 0.3 is 18.2 Å². The molecule has 19 heavy (non-hydrogen) atoms. The summed E-state index contributed by atoms with van der Waals surface area (Å²) in [6.07, 6.45) is -5.23. The van der Waals surface area contributed by atoms with Gasteiger partial charge in [-0.1, -0.05) is 0 Å². The molecule has 12 heteroatoms. The first-order chi connectivity index (χ1) is 8.29. The number of nitrogens with one attached hydrogen (secondary N) is 2. The summed E-state index contributed by atoms with van der Waals surface area (Å²) in [6.45, 7) is -0.299. The summed E-state index contributed by atoms with van der Waals surface area (Å²) in [6, 6.07) is -1.48. The van der Waals surface area contributed by atoms with Crippen LogP contribution in [0.1, 0.15) is 6.92 Å². The van der Waals surface area contributed by atoms with Gasteiger partial charge in [-0.25, -0.2) is 23.1 Å². The summed E-state index contributed by atoms with van der Waals surface area (Å²) < 4.78 is 58.5. The number of amides is 2. The number of rotatable bonds is 5. The molecular formula is C7H12F3N3O5S. The maximum atomic E-state index is 12.5. The van der Waals surface area contributed by atoms with Crippen LogP contribution in [0.25, 0.3) is 0 Å². The Morgan fingerprint density at radius 1 is 1.32 bits per heavy atom. The first kappa shape index (κ1) is 17.4. The van der Waals surface area contributed by atoms with Crippen molar-refractivity contribution in [1.82, 2.24) is 10.6 Å². The molecule has 0 saturated carbocycles. The average Bonchev–Trinajstić information content (AvgIpc) is 2.12. The van der Waals surface area contributed by atoms with E-state index in [9.17, 15) is 31.2 Å². The second kappa shape index (κ2) is 5.61. The molecule has 0 rings (SSSR count). The molecule has 1 unspecified atom stereocenters. The second-order valence-electron chi connectivity index (χ2n) is 3.68. The summed E-state index contributed by atoms with van der Waals surface area (Å²) >= 11 is 0. The van der Waals surface area contributed by atoms with Gasteiger partial charge in [0, 0.05) is 6.54 Å². The van der Waals surface area contributed by atoms with E-state index in [1.165, 1.54) is 5.32 Å². The van der Waals surface area contributed by atoms with E-state index >= 15 is 0 Å². The van der Waals surface area contributed by atoms with Crippen LogP contribution in [-0.2, 0) is 14.8 Å². The lowest BCUT2D eigenvalue weighted by atomic mass is 10.0. The highest BCUT2D eigenvalue weighted by molar-refractivity contribution is 7.89. The number of primary sulfonamides is 1. The Morgan fingerprint density at radius 2 is 1.79 bits per heavy atom. The Labute approximate surface area is 106 Å². The Bertz CT molecular complexity index is 463. The molecule has 0 fully saturated rings. The number of aliphatic carboxylic acids is 1. The molecule has 112 valence electrons. The number of alkyl halides is 3. The number of carboxylic acid groups (broad SMARTS) is 1. The molecule has 0 aliphatic rings. The minimum Gasteiger partial charge on any atom is -0.479 e. The lowest BCUT2D eigenvalue weighted by Crippen LogP contribution is -2.63. The Morgan fingerprint density at radius 3 is 2.11 bits per heavy atom. The van der Waals surface area contributed by atoms with E-state index in [0.717, 1.165) is 0 Å². The summed E-state index contributed by atoms with van der Waals surface area (Å²) in [4.78, 5) is 21.6. The molecule has 0 heterocycles. The average molecular weight is 307 g/mol. The number of urea groups is 1. The predicted molar refractivity (Wildman–Crippen MR) is 56.6 cm³/mol. The van der Waals surface area contributed by atoms with Crippen molar-refractivity contribution in [3.8, 4) is 0 Å². The molecule has 0 saturated heterocycles. The van der Waals surface area contributed by atoms with Gasteiger partial charge < -0.3 is 15.7 Å². The van der Waals surface area contributed by atoms with Crippen LogP contribution in [0.15, 0.2) is 0 Å². The van der Waals surface area contributed by atoms with Crippen molar-refractivity contribution in [2.24, 2.45) is 5.14 Å². The maximum Gasteiger partial charge on any atom is 0.422 e. The van der Waals surface area contributed by atoms with E-state index in [4.69, 9.17) is 5.11 Å². The van der Waals surface area contributed by atoms with Crippen LogP contribution in [0, 0.1) is 0 Å². The minimum absolute atomic E-state index is 0.259. The van der Waals surface area contributed by atoms with Crippen molar-refractivity contribution in [2.45, 2.75) is 18.6 Å². The van der Waals surface area contributed by atoms with Crippen molar-refractivity contribution >= 4 is 22.0 Å². The predicted octanol–water partition coefficient (Wildman–Crippen LogP) is -1.02. The molecule has 0 aromatic rings. The van der Waals surface area contributed by atoms with Crippen molar-refractivity contribution in [1.29, 1.82) is 0 Å². The number of hydrogen-bond acceptors (Lipinski definition) is 4. The summed E-state index contributed by atoms with van der Waals surface area (Å²) in [5, 5.41) is 16.0. The van der Waals surface area contributed by atoms with Gasteiger partial charge in [0.1, 0.15) is 0 Å². The largest absolute Gasteiger partial charge is 0.479 e. The van der Waals surface area contributed by atoms with Gasteiger partial charge in [0.05, 0.1) is 5.75 Å². The van der Waals surface area contributed by atoms with Crippen LogP contribution in [-0.4, -0.2) is 49.5 Å². The number of carboxylic acids is 1. The maximum absolute atomic E-state index is 12.5. The molecule has 0 aliphatic heterocycles. The van der Waals surface area contributed by atoms with E-state index in [0.29, 0.717) is 0 Å². The summed E-state index contributed by atoms with van der Waals surface area (Å²) in [7, 11) is -3.89. The topological polar surface area (TPSA) is 139 Å². The van der Waals surface area contributed by atoms with Crippen molar-refractivity contribution < 1.29 is 36.3 Å². The molecule has 0 aromatic carbocycles. The molecule has 0 bridgehead atoms. The fourth-order valence-electron chi connectivity index (χ4n) is 0.824. The number of carbonyl (C=O) groups excluding carboxylic acids is 1. The Hall–Kier alpha value is -1.56. The first-order valence-corrected chi connectivity index (χ1v) is 6.38. The van der Waals surface area contributed by atoms with Gasteiger partial charge in [-0.3, -0.25) is 0 Å². The van der Waals surface area contributed by atoms with Gasteiger partial charge in [0.2, 0.25) is 15.6 Å². The number of nitrogens with two attached hydrogens (primary N) is 1. The van der Waals surface area contributed by atoms with E-state index in [-0.39, 0.29) is 6.92 Å². The minimum atomic E-state index is -5.23. The van der Waals surface area contributed by atoms with Crippen LogP contribution >= 0.6 is 0 Å². The summed E-state index contributed by atoms with van der Waals surface area (Å²) in [5.41, 5.74) is -3.49. The lowest BCUT2D eigenvalue weighted by molar-refractivity contribution is -0.203. The summed E-state index contributed by atoms with van der Waals surface area (Å²) in [5.74, 6) is -3.00. The highest BCUT2D eigenvalue weighted by Crippen LogP contribution is 2.30. The van der Waals surface area contributed by atoms with Crippen LogP contribution in [0.3, 0.4) is 0 Å². The van der Waals surface area contributed by atoms with Crippen molar-refractivity contribution in [3.05, 3.63) is 0 Å². The Balaban J connectivity index is 4.65. The monoisotopic (exact) mass is 307 g/mol. The number of hydrogen-bond donors (Lipinski definition) is 4. The van der Waals surface area contributed by atoms with Gasteiger partial charge in [-0.05, 0) is 6.92 Å². The van der Waals surface area contributed by atoms with Crippen molar-refractivity contribution in [2.75, 3.05) is 12.3 Å². The molecule has 1 atom stereocenters. The third kappa shape index (κ3) is 5.30. The normalized spacial score (nSPS) is 15.4. The number of carbonyl (C=O) groups is 2. The number of halogens is 3. The van der Waals surface area contributed by atoms with Gasteiger partial charge in [-0.2, -0.15) is 13.2 Å². The fraction of sp³-hybridized carbons (Fsp3) is 0.714. The van der Waals surface area contributed by atoms with Gasteiger partial charge in [-0.15, -0.1) is 0 Å². The van der Waals surface area contributed by atoms with Crippen LogP contribution in [0.4, 0.5) is 18.0 Å². The highest BCUT2D eigenvalue weighted by Gasteiger charge is 2.58. The Kier molecular flexibility index (Phi) is 5.15. The molecule has 0 spiro atoms. The van der Waals surface area contributed by atoms with Crippen LogP contribution in [0.5, 0.6) is 0 Å². The van der Waals surface area contributed by atoms with E-state index in [2.05, 4.69) is 5.14 Å². The lowest BCUT2D eigenvalue weighted by Gasteiger charge is -2.28. The molecular weight excluding hydrogens is 295 g/mol. The molecule has 0 radical (unpaired) electrons. The quantitative estimate of drug-likeness (QED) is 0.515. The zero-order valence-electron chi connectivity index (χ0n) is 9.61. The highest BCUT2D eigenvalue weighted by atomic mass is 32.2. The van der Waals surface area contributed by atoms with Crippen molar-refractivity contribution in [3.63, 3.8) is 0 Å². The number of sulfonamides is 1. The molecule has 2 amide bonds.